The van der Waals surface area contributed by atoms with E-state index in [1.54, 1.807) is 0 Å². The van der Waals surface area contributed by atoms with Crippen LogP contribution in [0.3, 0.4) is 0 Å². The molecule has 0 saturated heterocycles. The van der Waals surface area contributed by atoms with Crippen LogP contribution in [-0.2, 0) is 0 Å². The molecule has 2 aliphatic rings. The minimum Gasteiger partial charge on any atom is -0.456 e. The van der Waals surface area contributed by atoms with Crippen molar-refractivity contribution >= 4 is 76.8 Å². The quantitative estimate of drug-likeness (QED) is 0.157. The van der Waals surface area contributed by atoms with E-state index in [-0.39, 0.29) is 23.8 Å². The van der Waals surface area contributed by atoms with Crippen LogP contribution >= 0.6 is 0 Å². The zero-order valence-electron chi connectivity index (χ0n) is 39.3. The summed E-state index contributed by atoms with van der Waals surface area (Å²) in [6, 6.07) is 67.0. The molecule has 4 heterocycles. The molecule has 1 aliphatic heterocycles. The van der Waals surface area contributed by atoms with Crippen molar-refractivity contribution in [3.63, 3.8) is 0 Å². The molecule has 8 aromatic carbocycles. The van der Waals surface area contributed by atoms with Crippen LogP contribution in [0.2, 0.25) is 0 Å². The summed E-state index contributed by atoms with van der Waals surface area (Å²) in [4.78, 5) is 6.00. The fraction of sp³-hybridized carbons (Fsp3) is 0.154. The fourth-order valence-electron chi connectivity index (χ4n) is 11.8. The van der Waals surface area contributed by atoms with Gasteiger partial charge in [0.05, 0.1) is 28.1 Å². The highest BCUT2D eigenvalue weighted by molar-refractivity contribution is 6.26. The van der Waals surface area contributed by atoms with Gasteiger partial charge in [-0.1, -0.05) is 172 Å². The predicted molar refractivity (Wildman–Crippen MR) is 290 cm³/mol. The first kappa shape index (κ1) is 41.3. The fourth-order valence-corrected chi connectivity index (χ4v) is 11.8. The Morgan fingerprint density at radius 1 is 0.551 bits per heavy atom. The second-order valence-corrected chi connectivity index (χ2v) is 19.3. The van der Waals surface area contributed by atoms with Gasteiger partial charge in [-0.05, 0) is 113 Å². The number of nitrogens with zero attached hydrogens (tertiary/aromatic N) is 3. The number of rotatable bonds is 7. The van der Waals surface area contributed by atoms with E-state index in [1.807, 2.05) is 0 Å². The molecule has 4 heteroatoms. The van der Waals surface area contributed by atoms with Gasteiger partial charge < -0.3 is 13.6 Å². The van der Waals surface area contributed by atoms with Crippen molar-refractivity contribution in [1.82, 2.24) is 9.13 Å². The molecule has 4 nitrogen and oxygen atoms in total. The van der Waals surface area contributed by atoms with Crippen LogP contribution in [0, 0.1) is 17.8 Å². The molecular weight excluding hydrogens is 839 g/mol. The molecule has 334 valence electrons. The Labute approximate surface area is 402 Å². The van der Waals surface area contributed by atoms with E-state index in [1.165, 1.54) is 71.4 Å². The summed E-state index contributed by atoms with van der Waals surface area (Å²) in [6.45, 7) is 7.14. The van der Waals surface area contributed by atoms with Crippen molar-refractivity contribution in [1.29, 1.82) is 0 Å². The van der Waals surface area contributed by atoms with Gasteiger partial charge in [-0.25, -0.2) is 0 Å². The van der Waals surface area contributed by atoms with Crippen LogP contribution in [-0.4, -0.2) is 14.8 Å². The molecule has 0 N–H and O–H groups in total. The van der Waals surface area contributed by atoms with Crippen LogP contribution in [0.4, 0.5) is 0 Å². The average molecular weight is 892 g/mol. The molecule has 5 unspecified atom stereocenters. The maximum absolute atomic E-state index is 6.52. The largest absolute Gasteiger partial charge is 0.456 e. The van der Waals surface area contributed by atoms with Crippen LogP contribution in [0.25, 0.3) is 82.5 Å². The Morgan fingerprint density at radius 2 is 1.25 bits per heavy atom. The summed E-state index contributed by atoms with van der Waals surface area (Å²) in [5.74, 6) is 0.823. The Kier molecular flexibility index (Phi) is 9.97. The molecule has 0 amide bonds. The summed E-state index contributed by atoms with van der Waals surface area (Å²) < 4.78 is 11.5. The number of fused-ring (bicyclic) bond motifs is 10. The first-order valence-corrected chi connectivity index (χ1v) is 24.8. The molecular formula is C65H53N3O. The SMILES string of the molecule is CCC1/C=C(/c2ccc3c(c2)oc2ccccc23)C(C)C(C)C(c2cccc(-n3c4ccccc4c4ccc5c(c6ccccc6n5-c5ccccc5)c43)c2)/N=C\1c1ccc(C2C=CC=CC2)cc1. The van der Waals surface area contributed by atoms with Gasteiger partial charge >= 0.3 is 0 Å². The summed E-state index contributed by atoms with van der Waals surface area (Å²) in [5, 5.41) is 7.30. The van der Waals surface area contributed by atoms with Gasteiger partial charge in [0.2, 0.25) is 0 Å². The van der Waals surface area contributed by atoms with E-state index in [0.29, 0.717) is 5.92 Å². The molecule has 5 atom stereocenters. The number of para-hydroxylation sites is 4. The van der Waals surface area contributed by atoms with E-state index in [9.17, 15) is 0 Å². The zero-order valence-corrected chi connectivity index (χ0v) is 39.3. The summed E-state index contributed by atoms with van der Waals surface area (Å²) in [5.41, 5.74) is 16.4. The lowest BCUT2D eigenvalue weighted by molar-refractivity contribution is 0.389. The topological polar surface area (TPSA) is 35.4 Å². The van der Waals surface area contributed by atoms with Crippen LogP contribution in [0.15, 0.2) is 222 Å². The molecule has 0 saturated carbocycles. The second-order valence-electron chi connectivity index (χ2n) is 19.3. The number of hydrogen-bond donors (Lipinski definition) is 0. The predicted octanol–water partition coefficient (Wildman–Crippen LogP) is 17.3. The molecule has 1 aliphatic carbocycles. The van der Waals surface area contributed by atoms with Crippen molar-refractivity contribution in [2.75, 3.05) is 0 Å². The normalized spacial score (nSPS) is 21.2. The van der Waals surface area contributed by atoms with Gasteiger partial charge in [-0.3, -0.25) is 4.99 Å². The molecule has 3 aromatic heterocycles. The molecule has 0 fully saturated rings. The smallest absolute Gasteiger partial charge is 0.136 e. The van der Waals surface area contributed by atoms with Crippen LogP contribution in [0.1, 0.15) is 67.8 Å². The van der Waals surface area contributed by atoms with Gasteiger partial charge in [0, 0.05) is 61.2 Å². The number of aliphatic imine (C=N–C) groups is 1. The van der Waals surface area contributed by atoms with E-state index in [0.717, 1.165) is 51.9 Å². The van der Waals surface area contributed by atoms with Gasteiger partial charge in [0.15, 0.2) is 0 Å². The number of allylic oxidation sites excluding steroid dienone is 6. The van der Waals surface area contributed by atoms with Crippen molar-refractivity contribution in [2.45, 2.75) is 45.6 Å². The molecule has 0 spiro atoms. The third kappa shape index (κ3) is 6.76. The summed E-state index contributed by atoms with van der Waals surface area (Å²) in [7, 11) is 0. The van der Waals surface area contributed by atoms with Gasteiger partial charge in [0.25, 0.3) is 0 Å². The van der Waals surface area contributed by atoms with Crippen molar-refractivity contribution in [3.05, 3.63) is 235 Å². The Morgan fingerprint density at radius 3 is 2.04 bits per heavy atom. The third-order valence-corrected chi connectivity index (χ3v) is 15.5. The van der Waals surface area contributed by atoms with E-state index >= 15 is 0 Å². The molecule has 11 aromatic rings. The monoisotopic (exact) mass is 891 g/mol. The van der Waals surface area contributed by atoms with Gasteiger partial charge in [-0.15, -0.1) is 0 Å². The molecule has 0 bridgehead atoms. The second kappa shape index (κ2) is 16.7. The standard InChI is InChI=1S/C65H53N3O/c1-4-43-39-56(47-34-35-53-52-25-13-16-29-60(52)69-61(53)40-47)41(2)42(3)63(66-64(43)46-32-30-45(31-33-46)44-18-7-5-8-19-44)48-20-17-23-50(38-48)68-57-27-14-11-24-51(57)54-36-37-59-62(65(54)68)55-26-12-15-28-58(55)67(59)49-21-9-6-10-22-49/h5-18,20-44,63H,4,19H2,1-3H3/b56-39+,66-64+. The van der Waals surface area contributed by atoms with Crippen molar-refractivity contribution in [3.8, 4) is 11.4 Å². The summed E-state index contributed by atoms with van der Waals surface area (Å²) >= 11 is 0. The highest BCUT2D eigenvalue weighted by Crippen LogP contribution is 2.46. The minimum absolute atomic E-state index is 0.0999. The van der Waals surface area contributed by atoms with Crippen LogP contribution in [0.5, 0.6) is 0 Å². The van der Waals surface area contributed by atoms with Gasteiger partial charge in [-0.2, -0.15) is 0 Å². The molecule has 0 radical (unpaired) electrons. The van der Waals surface area contributed by atoms with Crippen molar-refractivity contribution < 1.29 is 4.42 Å². The Bertz CT molecular complexity index is 3910. The highest BCUT2D eigenvalue weighted by atomic mass is 16.3. The summed E-state index contributed by atoms with van der Waals surface area (Å²) in [6.07, 6.45) is 13.4. The maximum atomic E-state index is 6.52. The first-order valence-electron chi connectivity index (χ1n) is 24.8. The number of aromatic nitrogens is 2. The number of benzene rings is 8. The lowest BCUT2D eigenvalue weighted by Gasteiger charge is -2.34. The molecule has 13 rings (SSSR count). The Hall–Kier alpha value is -7.95. The third-order valence-electron chi connectivity index (χ3n) is 15.5. The highest BCUT2D eigenvalue weighted by Gasteiger charge is 2.33. The number of furan rings is 1. The minimum atomic E-state index is -0.123. The van der Waals surface area contributed by atoms with Crippen molar-refractivity contribution in [2.24, 2.45) is 22.7 Å². The zero-order chi connectivity index (χ0) is 46.2. The van der Waals surface area contributed by atoms with Crippen LogP contribution < -0.4 is 0 Å². The molecule has 69 heavy (non-hydrogen) atoms. The average Bonchev–Trinajstić information content (AvgIpc) is 4.07. The van der Waals surface area contributed by atoms with Gasteiger partial charge in [0.1, 0.15) is 11.2 Å². The van der Waals surface area contributed by atoms with E-state index in [2.05, 4.69) is 242 Å². The maximum Gasteiger partial charge on any atom is 0.136 e. The number of hydrogen-bond acceptors (Lipinski definition) is 2. The lowest BCUT2D eigenvalue weighted by Crippen LogP contribution is -2.25. The lowest BCUT2D eigenvalue weighted by atomic mass is 9.75. The van der Waals surface area contributed by atoms with E-state index in [4.69, 9.17) is 9.41 Å². The van der Waals surface area contributed by atoms with E-state index < -0.39 is 0 Å². The Balaban J connectivity index is 1.00. The first-order chi connectivity index (χ1) is 34.0.